The van der Waals surface area contributed by atoms with Gasteiger partial charge in [0, 0.05) is 31.0 Å². The smallest absolute Gasteiger partial charge is 0.130 e. The summed E-state index contributed by atoms with van der Waals surface area (Å²) >= 11 is 0. The van der Waals surface area contributed by atoms with Crippen molar-refractivity contribution >= 4 is 23.9 Å². The van der Waals surface area contributed by atoms with E-state index in [0.717, 1.165) is 24.6 Å². The van der Waals surface area contributed by atoms with E-state index in [9.17, 15) is 0 Å². The quantitative estimate of drug-likeness (QED) is 0.749. The summed E-state index contributed by atoms with van der Waals surface area (Å²) in [6, 6.07) is 3.75. The van der Waals surface area contributed by atoms with E-state index in [1.807, 2.05) is 12.1 Å². The van der Waals surface area contributed by atoms with Crippen LogP contribution in [-0.2, 0) is 0 Å². The third kappa shape index (κ3) is 2.25. The number of pyridine rings is 1. The normalized spacial score (nSPS) is 15.5. The standard InChI is InChI=1S/C9H13N3.ClH/c10-8-3-4-11-9(7-8)12-5-1-2-6-12;/h3-4,7H,1-2,5-6H2,(H2,10,11);1H. The predicted molar refractivity (Wildman–Crippen MR) is 57.3 cm³/mol. The SMILES string of the molecule is Cl.Nc1ccnc(N2CCCC2)c1. The highest BCUT2D eigenvalue weighted by molar-refractivity contribution is 5.85. The maximum atomic E-state index is 5.66. The summed E-state index contributed by atoms with van der Waals surface area (Å²) in [5.74, 6) is 1.02. The lowest BCUT2D eigenvalue weighted by atomic mass is 10.4. The van der Waals surface area contributed by atoms with E-state index >= 15 is 0 Å². The predicted octanol–water partition coefficient (Wildman–Crippen LogP) is 1.69. The van der Waals surface area contributed by atoms with E-state index < -0.39 is 0 Å². The number of hydrogen-bond acceptors (Lipinski definition) is 3. The van der Waals surface area contributed by atoms with Crippen LogP contribution in [0.5, 0.6) is 0 Å². The van der Waals surface area contributed by atoms with Crippen LogP contribution in [0, 0.1) is 0 Å². The van der Waals surface area contributed by atoms with Crippen LogP contribution >= 0.6 is 12.4 Å². The number of hydrogen-bond donors (Lipinski definition) is 1. The van der Waals surface area contributed by atoms with Gasteiger partial charge in [0.1, 0.15) is 5.82 Å². The lowest BCUT2D eigenvalue weighted by Gasteiger charge is -2.15. The van der Waals surface area contributed by atoms with Crippen LogP contribution in [0.3, 0.4) is 0 Å². The molecule has 3 nitrogen and oxygen atoms in total. The van der Waals surface area contributed by atoms with Crippen molar-refractivity contribution in [3.8, 4) is 0 Å². The lowest BCUT2D eigenvalue weighted by molar-refractivity contribution is 0.938. The van der Waals surface area contributed by atoms with Crippen LogP contribution in [-0.4, -0.2) is 18.1 Å². The molecule has 72 valence electrons. The van der Waals surface area contributed by atoms with Gasteiger partial charge in [0.25, 0.3) is 0 Å². The first-order valence-electron chi connectivity index (χ1n) is 4.33. The summed E-state index contributed by atoms with van der Waals surface area (Å²) in [6.45, 7) is 2.24. The Balaban J connectivity index is 0.000000845. The number of nitrogens with two attached hydrogens (primary N) is 1. The Morgan fingerprint density at radius 1 is 1.31 bits per heavy atom. The van der Waals surface area contributed by atoms with Crippen molar-refractivity contribution in [2.24, 2.45) is 0 Å². The maximum absolute atomic E-state index is 5.66. The first kappa shape index (κ1) is 10.1. The van der Waals surface area contributed by atoms with Gasteiger partial charge in [0.05, 0.1) is 0 Å². The van der Waals surface area contributed by atoms with Gasteiger partial charge >= 0.3 is 0 Å². The molecule has 1 aliphatic rings. The molecule has 4 heteroatoms. The molecule has 1 saturated heterocycles. The molecule has 0 unspecified atom stereocenters. The van der Waals surface area contributed by atoms with Gasteiger partial charge in [-0.2, -0.15) is 0 Å². The zero-order valence-electron chi connectivity index (χ0n) is 7.44. The number of anilines is 2. The molecule has 0 amide bonds. The Kier molecular flexibility index (Phi) is 3.37. The van der Waals surface area contributed by atoms with E-state index in [-0.39, 0.29) is 12.4 Å². The lowest BCUT2D eigenvalue weighted by Crippen LogP contribution is -2.18. The molecule has 0 saturated carbocycles. The van der Waals surface area contributed by atoms with E-state index in [0.29, 0.717) is 0 Å². The molecular formula is C9H14ClN3. The average Bonchev–Trinajstić information content (AvgIpc) is 2.56. The first-order chi connectivity index (χ1) is 5.86. The Bertz CT molecular complexity index is 271. The van der Waals surface area contributed by atoms with Gasteiger partial charge in [-0.25, -0.2) is 4.98 Å². The van der Waals surface area contributed by atoms with Crippen molar-refractivity contribution in [2.75, 3.05) is 23.7 Å². The molecule has 1 fully saturated rings. The Morgan fingerprint density at radius 2 is 2.00 bits per heavy atom. The van der Waals surface area contributed by atoms with Crippen molar-refractivity contribution in [2.45, 2.75) is 12.8 Å². The second-order valence-electron chi connectivity index (χ2n) is 3.14. The Hall–Kier alpha value is -0.960. The summed E-state index contributed by atoms with van der Waals surface area (Å²) in [5.41, 5.74) is 6.46. The molecule has 0 bridgehead atoms. The van der Waals surface area contributed by atoms with Crippen molar-refractivity contribution in [3.05, 3.63) is 18.3 Å². The third-order valence-corrected chi connectivity index (χ3v) is 2.20. The van der Waals surface area contributed by atoms with Crippen LogP contribution in [0.1, 0.15) is 12.8 Å². The van der Waals surface area contributed by atoms with E-state index in [2.05, 4.69) is 9.88 Å². The van der Waals surface area contributed by atoms with E-state index in [1.54, 1.807) is 6.20 Å². The van der Waals surface area contributed by atoms with Crippen LogP contribution in [0.15, 0.2) is 18.3 Å². The van der Waals surface area contributed by atoms with Crippen molar-refractivity contribution in [3.63, 3.8) is 0 Å². The van der Waals surface area contributed by atoms with Gasteiger partial charge in [-0.15, -0.1) is 12.4 Å². The van der Waals surface area contributed by atoms with Crippen LogP contribution in [0.4, 0.5) is 11.5 Å². The van der Waals surface area contributed by atoms with Crippen LogP contribution < -0.4 is 10.6 Å². The third-order valence-electron chi connectivity index (χ3n) is 2.20. The summed E-state index contributed by atoms with van der Waals surface area (Å²) in [6.07, 6.45) is 4.32. The number of nitrogens with zero attached hydrogens (tertiary/aromatic N) is 2. The fraction of sp³-hybridized carbons (Fsp3) is 0.444. The van der Waals surface area contributed by atoms with Gasteiger partial charge in [-0.1, -0.05) is 0 Å². The minimum Gasteiger partial charge on any atom is -0.399 e. The molecule has 2 rings (SSSR count). The number of rotatable bonds is 1. The van der Waals surface area contributed by atoms with Gasteiger partial charge in [0.15, 0.2) is 0 Å². The molecule has 0 atom stereocenters. The second kappa shape index (κ2) is 4.33. The molecule has 0 aliphatic carbocycles. The first-order valence-corrected chi connectivity index (χ1v) is 4.33. The molecule has 2 heterocycles. The fourth-order valence-corrected chi connectivity index (χ4v) is 1.55. The zero-order chi connectivity index (χ0) is 8.39. The summed E-state index contributed by atoms with van der Waals surface area (Å²) < 4.78 is 0. The second-order valence-corrected chi connectivity index (χ2v) is 3.14. The molecule has 1 aromatic heterocycles. The van der Waals surface area contributed by atoms with Crippen molar-refractivity contribution < 1.29 is 0 Å². The Morgan fingerprint density at radius 3 is 2.62 bits per heavy atom. The van der Waals surface area contributed by atoms with E-state index in [4.69, 9.17) is 5.73 Å². The van der Waals surface area contributed by atoms with Crippen LogP contribution in [0.25, 0.3) is 0 Å². The summed E-state index contributed by atoms with van der Waals surface area (Å²) in [7, 11) is 0. The minimum absolute atomic E-state index is 0. The van der Waals surface area contributed by atoms with Gasteiger partial charge in [0.2, 0.25) is 0 Å². The van der Waals surface area contributed by atoms with Gasteiger partial charge in [-0.3, -0.25) is 0 Å². The van der Waals surface area contributed by atoms with Crippen molar-refractivity contribution in [1.29, 1.82) is 0 Å². The summed E-state index contributed by atoms with van der Waals surface area (Å²) in [4.78, 5) is 6.54. The highest BCUT2D eigenvalue weighted by Crippen LogP contribution is 2.18. The molecule has 13 heavy (non-hydrogen) atoms. The maximum Gasteiger partial charge on any atom is 0.130 e. The Labute approximate surface area is 84.4 Å². The molecule has 1 aromatic rings. The number of nitrogen functional groups attached to an aromatic ring is 1. The monoisotopic (exact) mass is 199 g/mol. The number of aromatic nitrogens is 1. The average molecular weight is 200 g/mol. The topological polar surface area (TPSA) is 42.1 Å². The van der Waals surface area contributed by atoms with Crippen molar-refractivity contribution in [1.82, 2.24) is 4.98 Å². The molecule has 0 radical (unpaired) electrons. The summed E-state index contributed by atoms with van der Waals surface area (Å²) in [5, 5.41) is 0. The van der Waals surface area contributed by atoms with Gasteiger partial charge in [-0.05, 0) is 18.9 Å². The van der Waals surface area contributed by atoms with Crippen LogP contribution in [0.2, 0.25) is 0 Å². The zero-order valence-corrected chi connectivity index (χ0v) is 8.26. The molecule has 2 N–H and O–H groups in total. The highest BCUT2D eigenvalue weighted by Gasteiger charge is 2.12. The minimum atomic E-state index is 0. The number of halogens is 1. The fourth-order valence-electron chi connectivity index (χ4n) is 1.55. The molecular weight excluding hydrogens is 186 g/mol. The molecule has 0 spiro atoms. The largest absolute Gasteiger partial charge is 0.399 e. The molecule has 0 aromatic carbocycles. The molecule has 1 aliphatic heterocycles. The van der Waals surface area contributed by atoms with Gasteiger partial charge < -0.3 is 10.6 Å². The highest BCUT2D eigenvalue weighted by atomic mass is 35.5. The van der Waals surface area contributed by atoms with E-state index in [1.165, 1.54) is 12.8 Å².